The maximum Gasteiger partial charge on any atom is 0.416 e. The third-order valence-corrected chi connectivity index (χ3v) is 8.77. The lowest BCUT2D eigenvalue weighted by Gasteiger charge is -2.36. The SMILES string of the molecule is C[C@@H]1CCCCO[C@@H](CN(C)Cc2ccc(C(F)(F)F)cc2)[C@@H](C)CN([C@H](C)CO)C(=O)c2cc(NC(=O)Cc3ccccc3)ccc2O1. The average molecular weight is 684 g/mol. The van der Waals surface area contributed by atoms with Gasteiger partial charge in [-0.05, 0) is 81.6 Å². The normalized spacial score (nSPS) is 20.2. The van der Waals surface area contributed by atoms with Crippen molar-refractivity contribution in [2.45, 2.75) is 77.4 Å². The van der Waals surface area contributed by atoms with Crippen molar-refractivity contribution in [3.05, 3.63) is 95.1 Å². The van der Waals surface area contributed by atoms with Gasteiger partial charge in [-0.2, -0.15) is 13.2 Å². The molecular formula is C38H48F3N3O5. The largest absolute Gasteiger partial charge is 0.490 e. The molecule has 0 saturated carbocycles. The molecule has 4 atom stereocenters. The fourth-order valence-corrected chi connectivity index (χ4v) is 5.93. The number of benzene rings is 3. The van der Waals surface area contributed by atoms with Crippen LogP contribution in [-0.2, 0) is 28.7 Å². The van der Waals surface area contributed by atoms with Crippen LogP contribution >= 0.6 is 0 Å². The molecular weight excluding hydrogens is 635 g/mol. The van der Waals surface area contributed by atoms with Crippen molar-refractivity contribution in [2.75, 3.05) is 38.7 Å². The average Bonchev–Trinajstić information content (AvgIpc) is 3.06. The van der Waals surface area contributed by atoms with Gasteiger partial charge in [0.1, 0.15) is 5.75 Å². The summed E-state index contributed by atoms with van der Waals surface area (Å²) in [6, 6.07) is 19.1. The number of amides is 2. The first-order chi connectivity index (χ1) is 23.3. The molecule has 266 valence electrons. The number of ether oxygens (including phenoxy) is 2. The van der Waals surface area contributed by atoms with Crippen LogP contribution in [0.15, 0.2) is 72.8 Å². The number of anilines is 1. The van der Waals surface area contributed by atoms with Crippen LogP contribution in [0.25, 0.3) is 0 Å². The van der Waals surface area contributed by atoms with Crippen LogP contribution in [0, 0.1) is 5.92 Å². The summed E-state index contributed by atoms with van der Waals surface area (Å²) in [7, 11) is 1.89. The molecule has 0 aromatic heterocycles. The van der Waals surface area contributed by atoms with E-state index in [1.807, 2.05) is 56.1 Å². The van der Waals surface area contributed by atoms with Gasteiger partial charge in [0, 0.05) is 37.8 Å². The minimum atomic E-state index is -4.39. The van der Waals surface area contributed by atoms with Crippen LogP contribution in [0.3, 0.4) is 0 Å². The number of carbonyl (C=O) groups is 2. The number of alkyl halides is 3. The number of aliphatic hydroxyl groups excluding tert-OH is 1. The zero-order valence-electron chi connectivity index (χ0n) is 28.7. The number of rotatable bonds is 9. The molecule has 2 N–H and O–H groups in total. The van der Waals surface area contributed by atoms with Crippen LogP contribution in [0.1, 0.15) is 67.1 Å². The van der Waals surface area contributed by atoms with Gasteiger partial charge >= 0.3 is 6.18 Å². The Morgan fingerprint density at radius 2 is 1.76 bits per heavy atom. The molecule has 1 aliphatic rings. The topological polar surface area (TPSA) is 91.3 Å². The highest BCUT2D eigenvalue weighted by Crippen LogP contribution is 2.30. The summed E-state index contributed by atoms with van der Waals surface area (Å²) >= 11 is 0. The summed E-state index contributed by atoms with van der Waals surface area (Å²) in [6.45, 7) is 7.11. The second-order valence-corrected chi connectivity index (χ2v) is 13.1. The third-order valence-electron chi connectivity index (χ3n) is 8.77. The zero-order chi connectivity index (χ0) is 35.6. The zero-order valence-corrected chi connectivity index (χ0v) is 28.7. The Morgan fingerprint density at radius 1 is 1.04 bits per heavy atom. The Morgan fingerprint density at radius 3 is 2.43 bits per heavy atom. The van der Waals surface area contributed by atoms with E-state index in [9.17, 15) is 27.9 Å². The van der Waals surface area contributed by atoms with E-state index in [1.54, 1.807) is 30.0 Å². The van der Waals surface area contributed by atoms with E-state index in [1.165, 1.54) is 12.1 Å². The molecule has 3 aromatic rings. The molecule has 49 heavy (non-hydrogen) atoms. The molecule has 0 radical (unpaired) electrons. The maximum absolute atomic E-state index is 14.3. The van der Waals surface area contributed by atoms with Crippen molar-refractivity contribution in [2.24, 2.45) is 5.92 Å². The predicted molar refractivity (Wildman–Crippen MR) is 183 cm³/mol. The van der Waals surface area contributed by atoms with Crippen LogP contribution in [0.4, 0.5) is 18.9 Å². The van der Waals surface area contributed by atoms with E-state index in [-0.39, 0.29) is 55.1 Å². The summed E-state index contributed by atoms with van der Waals surface area (Å²) in [6.07, 6.45) is -2.34. The summed E-state index contributed by atoms with van der Waals surface area (Å²) in [5, 5.41) is 13.1. The molecule has 1 aliphatic heterocycles. The van der Waals surface area contributed by atoms with Crippen LogP contribution in [-0.4, -0.2) is 78.3 Å². The van der Waals surface area contributed by atoms with Gasteiger partial charge in [-0.1, -0.05) is 49.4 Å². The number of aliphatic hydroxyl groups is 1. The highest BCUT2D eigenvalue weighted by Gasteiger charge is 2.32. The minimum absolute atomic E-state index is 0.173. The van der Waals surface area contributed by atoms with Gasteiger partial charge in [-0.3, -0.25) is 14.5 Å². The van der Waals surface area contributed by atoms with E-state index >= 15 is 0 Å². The Hall–Kier alpha value is -3.93. The second kappa shape index (κ2) is 17.6. The smallest absolute Gasteiger partial charge is 0.416 e. The van der Waals surface area contributed by atoms with E-state index in [2.05, 4.69) is 5.32 Å². The van der Waals surface area contributed by atoms with Crippen molar-refractivity contribution in [3.63, 3.8) is 0 Å². The first-order valence-electron chi connectivity index (χ1n) is 16.9. The molecule has 0 saturated heterocycles. The molecule has 0 spiro atoms. The predicted octanol–water partition coefficient (Wildman–Crippen LogP) is 6.81. The van der Waals surface area contributed by atoms with E-state index in [0.29, 0.717) is 31.1 Å². The Kier molecular flexibility index (Phi) is 13.6. The number of carbonyl (C=O) groups excluding carboxylic acids is 2. The van der Waals surface area contributed by atoms with Crippen molar-refractivity contribution >= 4 is 17.5 Å². The monoisotopic (exact) mass is 683 g/mol. The fourth-order valence-electron chi connectivity index (χ4n) is 5.93. The van der Waals surface area contributed by atoms with Gasteiger partial charge in [-0.25, -0.2) is 0 Å². The summed E-state index contributed by atoms with van der Waals surface area (Å²) in [5.74, 6) is -0.331. The number of nitrogens with one attached hydrogen (secondary N) is 1. The Bertz CT molecular complexity index is 1500. The van der Waals surface area contributed by atoms with Crippen molar-refractivity contribution < 1.29 is 37.3 Å². The highest BCUT2D eigenvalue weighted by atomic mass is 19.4. The number of likely N-dealkylation sites (N-methyl/N-ethyl adjacent to an activating group) is 1. The first-order valence-corrected chi connectivity index (χ1v) is 16.9. The van der Waals surface area contributed by atoms with Crippen molar-refractivity contribution in [3.8, 4) is 5.75 Å². The molecule has 2 amide bonds. The summed E-state index contributed by atoms with van der Waals surface area (Å²) in [5.41, 5.74) is 1.66. The number of nitrogens with zero attached hydrogens (tertiary/aromatic N) is 2. The standard InChI is InChI=1S/C38H48F3N3O5/c1-26-22-44(27(2)25-45)37(47)33-21-32(42-36(46)20-29-11-6-5-7-12-29)17-18-34(33)49-28(3)10-8-9-19-48-35(26)24-43(4)23-30-13-15-31(16-14-30)38(39,40)41/h5-7,11-18,21,26-28,35,45H,8-10,19-20,22-25H2,1-4H3,(H,42,46)/t26-,27+,28+,35-/m0/s1. The molecule has 8 nitrogen and oxygen atoms in total. The Balaban J connectivity index is 1.56. The molecule has 0 bridgehead atoms. The molecule has 0 aliphatic carbocycles. The van der Waals surface area contributed by atoms with Gasteiger partial charge < -0.3 is 24.8 Å². The van der Waals surface area contributed by atoms with Crippen LogP contribution in [0.5, 0.6) is 5.75 Å². The van der Waals surface area contributed by atoms with Crippen molar-refractivity contribution in [1.82, 2.24) is 9.80 Å². The molecule has 0 fully saturated rings. The number of halogens is 3. The van der Waals surface area contributed by atoms with E-state index < -0.39 is 17.8 Å². The van der Waals surface area contributed by atoms with Crippen molar-refractivity contribution in [1.29, 1.82) is 0 Å². The molecule has 0 unspecified atom stereocenters. The molecule has 11 heteroatoms. The maximum atomic E-state index is 14.3. The Labute approximate surface area is 287 Å². The lowest BCUT2D eigenvalue weighted by atomic mass is 10.0. The van der Waals surface area contributed by atoms with Gasteiger partial charge in [0.25, 0.3) is 5.91 Å². The van der Waals surface area contributed by atoms with Gasteiger partial charge in [0.15, 0.2) is 0 Å². The number of fused-ring (bicyclic) bond motifs is 1. The molecule has 1 heterocycles. The molecule has 3 aromatic carbocycles. The lowest BCUT2D eigenvalue weighted by molar-refractivity contribution is -0.137. The summed E-state index contributed by atoms with van der Waals surface area (Å²) < 4.78 is 51.9. The van der Waals surface area contributed by atoms with Gasteiger partial charge in [0.05, 0.1) is 42.4 Å². The lowest BCUT2D eigenvalue weighted by Crippen LogP contribution is -2.47. The highest BCUT2D eigenvalue weighted by molar-refractivity contribution is 6.00. The minimum Gasteiger partial charge on any atom is -0.490 e. The summed E-state index contributed by atoms with van der Waals surface area (Å²) in [4.78, 5) is 30.9. The van der Waals surface area contributed by atoms with Crippen LogP contribution in [0.2, 0.25) is 0 Å². The third kappa shape index (κ3) is 11.3. The number of hydrogen-bond donors (Lipinski definition) is 2. The van der Waals surface area contributed by atoms with Gasteiger partial charge in [0.2, 0.25) is 5.91 Å². The first kappa shape index (κ1) is 37.9. The van der Waals surface area contributed by atoms with E-state index in [0.717, 1.165) is 42.5 Å². The van der Waals surface area contributed by atoms with Crippen LogP contribution < -0.4 is 10.1 Å². The quantitative estimate of drug-likeness (QED) is 0.258. The van der Waals surface area contributed by atoms with Gasteiger partial charge in [-0.15, -0.1) is 0 Å². The van der Waals surface area contributed by atoms with E-state index in [4.69, 9.17) is 9.47 Å². The number of hydrogen-bond acceptors (Lipinski definition) is 6. The second-order valence-electron chi connectivity index (χ2n) is 13.1. The molecule has 4 rings (SSSR count). The fraction of sp³-hybridized carbons (Fsp3) is 0.474.